The first kappa shape index (κ1) is 37.9. The third kappa shape index (κ3) is 8.81. The van der Waals surface area contributed by atoms with Gasteiger partial charge in [0.25, 0.3) is 20.2 Å². The van der Waals surface area contributed by atoms with E-state index in [1.165, 1.54) is 0 Å². The molecule has 0 spiro atoms. The summed E-state index contributed by atoms with van der Waals surface area (Å²) in [5, 5.41) is 44.2. The van der Waals surface area contributed by atoms with Gasteiger partial charge in [-0.3, -0.25) is 18.7 Å². The largest absolute Gasteiger partial charge is 0.508 e. The van der Waals surface area contributed by atoms with Crippen LogP contribution in [-0.2, 0) is 48.8 Å². The Labute approximate surface area is 284 Å². The molecule has 260 valence electrons. The quantitative estimate of drug-likeness (QED) is 0.0349. The normalized spacial score (nSPS) is 12.2. The van der Waals surface area contributed by atoms with E-state index in [-0.39, 0.29) is 33.9 Å². The zero-order valence-electron chi connectivity index (χ0n) is 23.6. The Morgan fingerprint density at radius 3 is 1.24 bits per heavy atom. The number of hydrogen-bond donors (Lipinski definition) is 6. The van der Waals surface area contributed by atoms with E-state index in [1.54, 1.807) is 0 Å². The summed E-state index contributed by atoms with van der Waals surface area (Å²) in [5.74, 6) is -3.76. The first-order chi connectivity index (χ1) is 22.9. The van der Waals surface area contributed by atoms with Crippen molar-refractivity contribution in [2.24, 2.45) is 0 Å². The fourth-order valence-corrected chi connectivity index (χ4v) is 7.98. The first-order valence-corrected chi connectivity index (χ1v) is 18.3. The van der Waals surface area contributed by atoms with Crippen molar-refractivity contribution in [2.45, 2.75) is 29.4 Å². The summed E-state index contributed by atoms with van der Waals surface area (Å²) in [6, 6.07) is 9.60. The standard InChI is InChI=1S/C26H18O18S5/c27-15-1-3-23(21(9-15)25(29)13-5-17(45-43-41-31)11-19(7-13)48(35,36)37)47(33,34)24-4-2-16(28)10-22(24)26(30)14-6-18(46-44-42-32)12-20(8-14)49(38,39)40/h1-12,27-28,31-32H,(H,35,36,37)(H,38,39,40). The molecule has 0 aliphatic heterocycles. The summed E-state index contributed by atoms with van der Waals surface area (Å²) >= 11 is 0.377. The molecule has 0 amide bonds. The smallest absolute Gasteiger partial charge is 0.294 e. The Morgan fingerprint density at radius 1 is 0.551 bits per heavy atom. The van der Waals surface area contributed by atoms with Gasteiger partial charge in [0.05, 0.1) is 43.7 Å². The average molecular weight is 779 g/mol. The predicted molar refractivity (Wildman–Crippen MR) is 162 cm³/mol. The van der Waals surface area contributed by atoms with Crippen molar-refractivity contribution in [3.63, 3.8) is 0 Å². The molecule has 49 heavy (non-hydrogen) atoms. The second-order valence-electron chi connectivity index (χ2n) is 9.31. The minimum absolute atomic E-state index is 0.189. The Bertz CT molecular complexity index is 2130. The monoisotopic (exact) mass is 778 g/mol. The van der Waals surface area contributed by atoms with Crippen LogP contribution in [0.2, 0.25) is 0 Å². The zero-order chi connectivity index (χ0) is 36.3. The third-order valence-corrected chi connectivity index (χ3v) is 10.8. The van der Waals surface area contributed by atoms with Crippen LogP contribution < -0.4 is 0 Å². The van der Waals surface area contributed by atoms with Crippen LogP contribution >= 0.6 is 24.1 Å². The van der Waals surface area contributed by atoms with E-state index in [1.807, 2.05) is 0 Å². The molecular weight excluding hydrogens is 761 g/mol. The number of ketones is 2. The highest BCUT2D eigenvalue weighted by Gasteiger charge is 2.31. The van der Waals surface area contributed by atoms with Gasteiger partial charge in [0.15, 0.2) is 11.6 Å². The van der Waals surface area contributed by atoms with Crippen molar-refractivity contribution in [1.29, 1.82) is 0 Å². The molecule has 0 heterocycles. The molecule has 0 saturated carbocycles. The number of carbonyl (C=O) groups excluding carboxylic acids is 2. The van der Waals surface area contributed by atoms with Crippen molar-refractivity contribution in [1.82, 2.24) is 0 Å². The van der Waals surface area contributed by atoms with Crippen LogP contribution in [0.25, 0.3) is 0 Å². The van der Waals surface area contributed by atoms with Gasteiger partial charge < -0.3 is 10.2 Å². The van der Waals surface area contributed by atoms with E-state index >= 15 is 0 Å². The van der Waals surface area contributed by atoms with E-state index in [4.69, 9.17) is 10.5 Å². The highest BCUT2D eigenvalue weighted by molar-refractivity contribution is 7.95. The van der Waals surface area contributed by atoms with E-state index in [9.17, 15) is 54.2 Å². The molecule has 0 aliphatic rings. The molecule has 0 aliphatic carbocycles. The van der Waals surface area contributed by atoms with Crippen LogP contribution in [0, 0.1) is 0 Å². The SMILES string of the molecule is O=C(c1cc(SOOO)cc(S(=O)(=O)O)c1)c1cc(O)ccc1S(=O)(=O)c1ccc(O)cc1C(=O)c1cc(SOOO)cc(S(=O)(=O)O)c1. The maximum Gasteiger partial charge on any atom is 0.294 e. The lowest BCUT2D eigenvalue weighted by molar-refractivity contribution is -0.432. The Morgan fingerprint density at radius 2 is 0.918 bits per heavy atom. The molecule has 0 unspecified atom stereocenters. The van der Waals surface area contributed by atoms with E-state index < -0.39 is 95.0 Å². The van der Waals surface area contributed by atoms with Gasteiger partial charge in [-0.2, -0.15) is 16.8 Å². The molecule has 4 aromatic carbocycles. The molecule has 0 bridgehead atoms. The molecule has 0 saturated heterocycles. The van der Waals surface area contributed by atoms with Gasteiger partial charge >= 0.3 is 0 Å². The van der Waals surface area contributed by atoms with E-state index in [2.05, 4.69) is 18.7 Å². The van der Waals surface area contributed by atoms with Crippen molar-refractivity contribution in [3.05, 3.63) is 95.1 Å². The molecule has 0 atom stereocenters. The lowest BCUT2D eigenvalue weighted by Crippen LogP contribution is -2.15. The fourth-order valence-electron chi connectivity index (χ4n) is 4.20. The molecule has 0 fully saturated rings. The topological polar surface area (TPSA) is 295 Å². The summed E-state index contributed by atoms with van der Waals surface area (Å²) < 4.78 is 103. The first-order valence-electron chi connectivity index (χ1n) is 12.4. The van der Waals surface area contributed by atoms with Gasteiger partial charge in [0, 0.05) is 32.0 Å². The highest BCUT2D eigenvalue weighted by Crippen LogP contribution is 2.35. The van der Waals surface area contributed by atoms with Gasteiger partial charge in [-0.05, 0) is 72.8 Å². The Balaban J connectivity index is 1.92. The van der Waals surface area contributed by atoms with Crippen LogP contribution in [0.5, 0.6) is 11.5 Å². The van der Waals surface area contributed by atoms with Gasteiger partial charge in [-0.25, -0.2) is 18.9 Å². The van der Waals surface area contributed by atoms with Gasteiger partial charge in [-0.15, -0.1) is 8.67 Å². The molecule has 6 N–H and O–H groups in total. The number of hydrogen-bond acceptors (Lipinski definition) is 18. The third-order valence-electron chi connectivity index (χ3n) is 6.20. The summed E-state index contributed by atoms with van der Waals surface area (Å²) in [5.41, 5.74) is -2.71. The van der Waals surface area contributed by atoms with Crippen LogP contribution in [0.1, 0.15) is 31.8 Å². The second kappa shape index (κ2) is 14.9. The molecule has 0 radical (unpaired) electrons. The number of sulfone groups is 1. The molecule has 0 aromatic heterocycles. The summed E-state index contributed by atoms with van der Waals surface area (Å²) in [6.07, 6.45) is 0. The van der Waals surface area contributed by atoms with Crippen LogP contribution in [0.3, 0.4) is 0 Å². The number of phenolic OH excluding ortho intramolecular Hbond substituents is 2. The van der Waals surface area contributed by atoms with Crippen molar-refractivity contribution >= 4 is 65.7 Å². The summed E-state index contributed by atoms with van der Waals surface area (Å²) in [4.78, 5) is 23.6. The lowest BCUT2D eigenvalue weighted by atomic mass is 10.0. The number of aromatic hydroxyl groups is 2. The number of phenols is 2. The Kier molecular flexibility index (Phi) is 11.5. The van der Waals surface area contributed by atoms with Crippen molar-refractivity contribution in [3.8, 4) is 11.5 Å². The minimum Gasteiger partial charge on any atom is -0.508 e. The lowest BCUT2D eigenvalue weighted by Gasteiger charge is -2.15. The summed E-state index contributed by atoms with van der Waals surface area (Å²) in [6.45, 7) is 0. The highest BCUT2D eigenvalue weighted by atomic mass is 32.2. The van der Waals surface area contributed by atoms with Gasteiger partial charge in [-0.1, -0.05) is 10.1 Å². The number of rotatable bonds is 14. The maximum atomic E-state index is 14.2. The van der Waals surface area contributed by atoms with E-state index in [0.29, 0.717) is 24.3 Å². The average Bonchev–Trinajstić information content (AvgIpc) is 3.04. The fraction of sp³-hybridized carbons (Fsp3) is 0. The summed E-state index contributed by atoms with van der Waals surface area (Å²) in [7, 11) is -15.0. The van der Waals surface area contributed by atoms with Crippen LogP contribution in [-0.4, -0.2) is 66.7 Å². The minimum atomic E-state index is -5.03. The maximum absolute atomic E-state index is 14.2. The second-order valence-corrected chi connectivity index (χ2v) is 15.6. The number of benzene rings is 4. The molecular formula is C26H18O18S5. The van der Waals surface area contributed by atoms with Gasteiger partial charge in [0.1, 0.15) is 11.5 Å². The molecule has 4 aromatic rings. The van der Waals surface area contributed by atoms with E-state index in [0.717, 1.165) is 48.5 Å². The van der Waals surface area contributed by atoms with Gasteiger partial charge in [0.2, 0.25) is 9.84 Å². The molecule has 18 nitrogen and oxygen atoms in total. The van der Waals surface area contributed by atoms with Crippen LogP contribution in [0.15, 0.2) is 102 Å². The molecule has 23 heteroatoms. The molecule has 4 rings (SSSR count). The van der Waals surface area contributed by atoms with Crippen molar-refractivity contribution < 1.29 is 83.4 Å². The number of carbonyl (C=O) groups is 2. The van der Waals surface area contributed by atoms with Crippen LogP contribution in [0.4, 0.5) is 0 Å². The van der Waals surface area contributed by atoms with Crippen molar-refractivity contribution in [2.75, 3.05) is 0 Å². The zero-order valence-corrected chi connectivity index (χ0v) is 27.6. The Hall–Kier alpha value is -3.95. The predicted octanol–water partition coefficient (Wildman–Crippen LogP) is 3.74.